The Balaban J connectivity index is 0.00000121. The van der Waals surface area contributed by atoms with Gasteiger partial charge in [-0.3, -0.25) is 10.1 Å². The van der Waals surface area contributed by atoms with Crippen LogP contribution in [0, 0.1) is 10.1 Å². The molecule has 60 valence electrons. The van der Waals surface area contributed by atoms with Crippen molar-refractivity contribution in [1.29, 1.82) is 0 Å². The van der Waals surface area contributed by atoms with E-state index in [2.05, 4.69) is 0 Å². The molecule has 0 radical (unpaired) electrons. The molecule has 1 rings (SSSR count). The third-order valence-corrected chi connectivity index (χ3v) is 1.24. The molecule has 0 aromatic heterocycles. The molecule has 0 fully saturated rings. The maximum absolute atomic E-state index is 10.2. The molecule has 5 nitrogen and oxygen atoms in total. The number of hydrogen-bond donors (Lipinski definition) is 2. The van der Waals surface area contributed by atoms with Crippen LogP contribution in [0.2, 0.25) is 0 Å². The van der Waals surface area contributed by atoms with Crippen molar-refractivity contribution in [3.63, 3.8) is 0 Å². The van der Waals surface area contributed by atoms with Crippen LogP contribution in [0.25, 0.3) is 0 Å². The molecule has 0 aliphatic rings. The number of aromatic hydroxyl groups is 1. The van der Waals surface area contributed by atoms with E-state index in [-0.39, 0.29) is 40.9 Å². The molecule has 12 heavy (non-hydrogen) atoms. The van der Waals surface area contributed by atoms with E-state index in [1.54, 1.807) is 0 Å². The Bertz CT molecular complexity index is 303. The number of rotatable bonds is 1. The summed E-state index contributed by atoms with van der Waals surface area (Å²) in [6.07, 6.45) is 0. The van der Waals surface area contributed by atoms with Gasteiger partial charge in [-0.05, 0) is 6.07 Å². The summed E-state index contributed by atoms with van der Waals surface area (Å²) < 4.78 is 0. The SMILES string of the molecule is Nc1cccc([N+](=O)[O-])c1O.[NaH]. The van der Waals surface area contributed by atoms with E-state index >= 15 is 0 Å². The molecular weight excluding hydrogens is 171 g/mol. The van der Waals surface area contributed by atoms with Gasteiger partial charge in [-0.2, -0.15) is 0 Å². The van der Waals surface area contributed by atoms with Crippen molar-refractivity contribution in [2.75, 3.05) is 5.73 Å². The van der Waals surface area contributed by atoms with Crippen LogP contribution in [0.1, 0.15) is 0 Å². The van der Waals surface area contributed by atoms with Crippen molar-refractivity contribution in [2.45, 2.75) is 0 Å². The van der Waals surface area contributed by atoms with Gasteiger partial charge in [-0.25, -0.2) is 0 Å². The summed E-state index contributed by atoms with van der Waals surface area (Å²) in [6, 6.07) is 3.99. The topological polar surface area (TPSA) is 89.4 Å². The standard InChI is InChI=1S/C6H6N2O3.Na.H/c7-4-2-1-3-5(6(4)9)8(10)11;;/h1-3,9H,7H2;;. The molecule has 0 heterocycles. The number of nitrogens with two attached hydrogens (primary N) is 1. The maximum atomic E-state index is 10.2. The third kappa shape index (κ3) is 2.10. The van der Waals surface area contributed by atoms with Gasteiger partial charge in [-0.1, -0.05) is 6.07 Å². The second-order valence-corrected chi connectivity index (χ2v) is 1.97. The summed E-state index contributed by atoms with van der Waals surface area (Å²) in [5, 5.41) is 19.2. The fraction of sp³-hybridized carbons (Fsp3) is 0. The van der Waals surface area contributed by atoms with Crippen molar-refractivity contribution >= 4 is 40.9 Å². The molecule has 0 aliphatic heterocycles. The van der Waals surface area contributed by atoms with Crippen LogP contribution in [-0.4, -0.2) is 39.6 Å². The molecule has 0 aliphatic carbocycles. The normalized spacial score (nSPS) is 8.67. The summed E-state index contributed by atoms with van der Waals surface area (Å²) in [6.45, 7) is 0. The monoisotopic (exact) mass is 178 g/mol. The summed E-state index contributed by atoms with van der Waals surface area (Å²) in [7, 11) is 0. The summed E-state index contributed by atoms with van der Waals surface area (Å²) in [5.74, 6) is -0.475. The minimum atomic E-state index is -0.689. The molecule has 6 heteroatoms. The van der Waals surface area contributed by atoms with Gasteiger partial charge in [0.1, 0.15) is 0 Å². The Hall–Kier alpha value is -0.780. The van der Waals surface area contributed by atoms with Gasteiger partial charge in [0, 0.05) is 6.07 Å². The van der Waals surface area contributed by atoms with Crippen LogP contribution >= 0.6 is 0 Å². The Morgan fingerprint density at radius 1 is 1.50 bits per heavy atom. The number of anilines is 1. The fourth-order valence-electron chi connectivity index (χ4n) is 0.696. The summed E-state index contributed by atoms with van der Waals surface area (Å²) >= 11 is 0. The molecule has 0 spiro atoms. The van der Waals surface area contributed by atoms with Crippen molar-refractivity contribution < 1.29 is 10.0 Å². The molecule has 0 unspecified atom stereocenters. The van der Waals surface area contributed by atoms with E-state index in [1.807, 2.05) is 0 Å². The van der Waals surface area contributed by atoms with E-state index < -0.39 is 10.7 Å². The molecule has 0 saturated heterocycles. The van der Waals surface area contributed by atoms with Crippen LogP contribution in [0.15, 0.2) is 18.2 Å². The third-order valence-electron chi connectivity index (χ3n) is 1.24. The Labute approximate surface area is 90.6 Å². The molecule has 1 aromatic rings. The predicted molar refractivity (Wildman–Crippen MR) is 46.3 cm³/mol. The van der Waals surface area contributed by atoms with E-state index in [1.165, 1.54) is 18.2 Å². The average molecular weight is 178 g/mol. The van der Waals surface area contributed by atoms with E-state index in [9.17, 15) is 10.1 Å². The Morgan fingerprint density at radius 3 is 2.50 bits per heavy atom. The van der Waals surface area contributed by atoms with E-state index in [0.29, 0.717) is 0 Å². The first-order valence-electron chi connectivity index (χ1n) is 2.85. The number of benzene rings is 1. The fourth-order valence-corrected chi connectivity index (χ4v) is 0.696. The van der Waals surface area contributed by atoms with Crippen molar-refractivity contribution in [2.24, 2.45) is 0 Å². The first kappa shape index (κ1) is 11.2. The van der Waals surface area contributed by atoms with Gasteiger partial charge in [-0.15, -0.1) is 0 Å². The zero-order valence-electron chi connectivity index (χ0n) is 5.52. The van der Waals surface area contributed by atoms with Crippen molar-refractivity contribution in [3.05, 3.63) is 28.3 Å². The van der Waals surface area contributed by atoms with Crippen LogP contribution in [0.3, 0.4) is 0 Å². The first-order valence-corrected chi connectivity index (χ1v) is 2.85. The number of phenols is 1. The van der Waals surface area contributed by atoms with Crippen LogP contribution in [0.4, 0.5) is 11.4 Å². The minimum absolute atomic E-state index is 0. The molecule has 1 aromatic carbocycles. The quantitative estimate of drug-likeness (QED) is 0.212. The Morgan fingerprint density at radius 2 is 2.08 bits per heavy atom. The number of phenolic OH excluding ortho intramolecular Hbond substituents is 1. The summed E-state index contributed by atoms with van der Waals surface area (Å²) in [5.41, 5.74) is 4.85. The number of hydrogen-bond acceptors (Lipinski definition) is 4. The first-order chi connectivity index (χ1) is 5.13. The van der Waals surface area contributed by atoms with Gasteiger partial charge in [0.15, 0.2) is 0 Å². The molecule has 0 bridgehead atoms. The molecular formula is C6H7N2NaO3. The molecule has 0 amide bonds. The van der Waals surface area contributed by atoms with Gasteiger partial charge >= 0.3 is 35.2 Å². The van der Waals surface area contributed by atoms with Crippen LogP contribution in [0.5, 0.6) is 5.75 Å². The number of nitrogen functional groups attached to an aromatic ring is 1. The number of nitro benzene ring substituents is 1. The molecule has 0 atom stereocenters. The van der Waals surface area contributed by atoms with E-state index in [0.717, 1.165) is 0 Å². The predicted octanol–water partition coefficient (Wildman–Crippen LogP) is 0.234. The van der Waals surface area contributed by atoms with Gasteiger partial charge in [0.05, 0.1) is 10.6 Å². The average Bonchev–Trinajstić information content (AvgIpc) is 1.94. The van der Waals surface area contributed by atoms with Crippen LogP contribution < -0.4 is 5.73 Å². The molecule has 0 saturated carbocycles. The van der Waals surface area contributed by atoms with Crippen molar-refractivity contribution in [3.8, 4) is 5.75 Å². The second kappa shape index (κ2) is 4.30. The van der Waals surface area contributed by atoms with Crippen molar-refractivity contribution in [1.82, 2.24) is 0 Å². The zero-order valence-corrected chi connectivity index (χ0v) is 5.52. The van der Waals surface area contributed by atoms with Gasteiger partial charge in [0.2, 0.25) is 5.75 Å². The number of para-hydroxylation sites is 1. The number of nitrogens with zero attached hydrogens (tertiary/aromatic N) is 1. The zero-order chi connectivity index (χ0) is 8.43. The van der Waals surface area contributed by atoms with Crippen LogP contribution in [-0.2, 0) is 0 Å². The summed E-state index contributed by atoms with van der Waals surface area (Å²) in [4.78, 5) is 9.48. The molecule has 3 N–H and O–H groups in total. The number of nitro groups is 1. The van der Waals surface area contributed by atoms with E-state index in [4.69, 9.17) is 10.8 Å². The van der Waals surface area contributed by atoms with Gasteiger partial charge < -0.3 is 10.8 Å². The Kier molecular flexibility index (Phi) is 4.02. The van der Waals surface area contributed by atoms with Gasteiger partial charge in [0.25, 0.3) is 0 Å². The second-order valence-electron chi connectivity index (χ2n) is 1.97.